The Morgan fingerprint density at radius 1 is 1.15 bits per heavy atom. The van der Waals surface area contributed by atoms with Crippen molar-refractivity contribution < 1.29 is 14.3 Å². The van der Waals surface area contributed by atoms with Gasteiger partial charge in [-0.3, -0.25) is 14.9 Å². The van der Waals surface area contributed by atoms with Crippen molar-refractivity contribution in [3.63, 3.8) is 0 Å². The van der Waals surface area contributed by atoms with Crippen molar-refractivity contribution in [2.45, 2.75) is 0 Å². The molecule has 1 aromatic carbocycles. The maximum atomic E-state index is 12.1. The highest BCUT2D eigenvalue weighted by molar-refractivity contribution is 7.14. The van der Waals surface area contributed by atoms with Gasteiger partial charge in [0, 0.05) is 24.0 Å². The lowest BCUT2D eigenvalue weighted by atomic mass is 10.2. The topological polar surface area (TPSA) is 83.6 Å². The van der Waals surface area contributed by atoms with E-state index in [2.05, 4.69) is 15.6 Å². The molecule has 2 amide bonds. The van der Waals surface area contributed by atoms with Crippen LogP contribution in [0, 0.1) is 0 Å². The van der Waals surface area contributed by atoms with Crippen LogP contribution < -0.4 is 15.4 Å². The number of benzene rings is 1. The number of carbonyl (C=O) groups excluding carboxylic acids is 2. The van der Waals surface area contributed by atoms with Gasteiger partial charge in [0.05, 0.1) is 7.11 Å². The van der Waals surface area contributed by atoms with Crippen LogP contribution in [0.4, 0.5) is 5.13 Å². The Kier molecular flexibility index (Phi) is 10.8. The summed E-state index contributed by atoms with van der Waals surface area (Å²) in [5.74, 6) is 0.141. The summed E-state index contributed by atoms with van der Waals surface area (Å²) in [4.78, 5) is 30.2. The maximum Gasteiger partial charge on any atom is 0.270 e. The van der Waals surface area contributed by atoms with Crippen LogP contribution in [0.5, 0.6) is 5.75 Å². The van der Waals surface area contributed by atoms with Gasteiger partial charge < -0.3 is 15.0 Å². The largest absolute Gasteiger partial charge is 0.497 e. The molecule has 0 spiro atoms. The smallest absolute Gasteiger partial charge is 0.270 e. The average molecular weight is 421 g/mol. The van der Waals surface area contributed by atoms with E-state index in [4.69, 9.17) is 4.74 Å². The predicted molar refractivity (Wildman–Crippen MR) is 108 cm³/mol. The van der Waals surface area contributed by atoms with E-state index >= 15 is 0 Å². The lowest BCUT2D eigenvalue weighted by Crippen LogP contribution is -2.31. The molecule has 10 heteroatoms. The van der Waals surface area contributed by atoms with E-state index in [1.165, 1.54) is 11.3 Å². The maximum absolute atomic E-state index is 12.1. The first-order chi connectivity index (χ1) is 11.5. The summed E-state index contributed by atoms with van der Waals surface area (Å²) in [6, 6.07) is 6.74. The van der Waals surface area contributed by atoms with Crippen LogP contribution in [-0.4, -0.2) is 56.0 Å². The average Bonchev–Trinajstić information content (AvgIpc) is 3.03. The van der Waals surface area contributed by atoms with E-state index < -0.39 is 0 Å². The van der Waals surface area contributed by atoms with Crippen molar-refractivity contribution >= 4 is 53.1 Å². The third kappa shape index (κ3) is 7.17. The van der Waals surface area contributed by atoms with Crippen LogP contribution in [0.1, 0.15) is 20.8 Å². The molecule has 0 saturated heterocycles. The number of rotatable bonds is 7. The molecule has 0 atom stereocenters. The zero-order valence-electron chi connectivity index (χ0n) is 14.6. The van der Waals surface area contributed by atoms with Gasteiger partial charge in [0.25, 0.3) is 11.8 Å². The standard InChI is InChI=1S/C16H20N4O3S.2ClH/c1-20(2)9-8-17-15(22)13-10-24-16(18-13)19-14(21)11-4-6-12(23-3)7-5-11;;/h4-7,10H,8-9H2,1-3H3,(H,17,22)(H,18,19,21);2*1H. The molecule has 2 N–H and O–H groups in total. The Morgan fingerprint density at radius 2 is 1.81 bits per heavy atom. The zero-order chi connectivity index (χ0) is 17.5. The first kappa shape index (κ1) is 24.1. The quantitative estimate of drug-likeness (QED) is 0.718. The highest BCUT2D eigenvalue weighted by atomic mass is 35.5. The summed E-state index contributed by atoms with van der Waals surface area (Å²) in [6.45, 7) is 1.29. The molecule has 0 aliphatic rings. The number of amides is 2. The number of carbonyl (C=O) groups is 2. The molecule has 1 aromatic heterocycles. The van der Waals surface area contributed by atoms with Gasteiger partial charge in [-0.2, -0.15) is 0 Å². The van der Waals surface area contributed by atoms with Gasteiger partial charge in [-0.05, 0) is 38.4 Å². The third-order valence-corrected chi connectivity index (χ3v) is 3.91. The minimum Gasteiger partial charge on any atom is -0.497 e. The highest BCUT2D eigenvalue weighted by Crippen LogP contribution is 2.17. The summed E-state index contributed by atoms with van der Waals surface area (Å²) in [5, 5.41) is 7.47. The molecular formula is C16H22Cl2N4O3S. The lowest BCUT2D eigenvalue weighted by molar-refractivity contribution is 0.0945. The fourth-order valence-corrected chi connectivity index (χ4v) is 2.52. The van der Waals surface area contributed by atoms with E-state index in [-0.39, 0.29) is 36.6 Å². The second-order valence-electron chi connectivity index (χ2n) is 5.28. The van der Waals surface area contributed by atoms with E-state index in [1.807, 2.05) is 19.0 Å². The molecule has 144 valence electrons. The Labute approximate surface area is 169 Å². The molecule has 7 nitrogen and oxygen atoms in total. The minimum atomic E-state index is -0.286. The van der Waals surface area contributed by atoms with Crippen molar-refractivity contribution in [3.05, 3.63) is 40.9 Å². The Balaban J connectivity index is 0.00000312. The van der Waals surface area contributed by atoms with Crippen LogP contribution in [-0.2, 0) is 0 Å². The fourth-order valence-electron chi connectivity index (χ4n) is 1.83. The molecule has 1 heterocycles. The molecule has 2 rings (SSSR count). The summed E-state index contributed by atoms with van der Waals surface area (Å²) in [7, 11) is 5.43. The summed E-state index contributed by atoms with van der Waals surface area (Å²) >= 11 is 1.21. The number of aromatic nitrogens is 1. The van der Waals surface area contributed by atoms with Gasteiger partial charge >= 0.3 is 0 Å². The van der Waals surface area contributed by atoms with Crippen LogP contribution in [0.25, 0.3) is 0 Å². The van der Waals surface area contributed by atoms with E-state index in [1.54, 1.807) is 36.8 Å². The number of anilines is 1. The number of hydrogen-bond donors (Lipinski definition) is 2. The van der Waals surface area contributed by atoms with Gasteiger partial charge in [-0.15, -0.1) is 36.2 Å². The van der Waals surface area contributed by atoms with Crippen LogP contribution in [0.2, 0.25) is 0 Å². The number of halogens is 2. The van der Waals surface area contributed by atoms with Crippen molar-refractivity contribution in [3.8, 4) is 5.75 Å². The predicted octanol–water partition coefficient (Wildman–Crippen LogP) is 2.54. The first-order valence-corrected chi connectivity index (χ1v) is 8.21. The number of hydrogen-bond acceptors (Lipinski definition) is 6. The Morgan fingerprint density at radius 3 is 2.38 bits per heavy atom. The summed E-state index contributed by atoms with van der Waals surface area (Å²) in [6.07, 6.45) is 0. The molecule has 26 heavy (non-hydrogen) atoms. The zero-order valence-corrected chi connectivity index (χ0v) is 17.1. The second kappa shape index (κ2) is 11.7. The molecule has 0 fully saturated rings. The SMILES string of the molecule is COc1ccc(C(=O)Nc2nc(C(=O)NCCN(C)C)cs2)cc1.Cl.Cl. The third-order valence-electron chi connectivity index (χ3n) is 3.15. The van der Waals surface area contributed by atoms with Gasteiger partial charge in [-0.25, -0.2) is 4.98 Å². The van der Waals surface area contributed by atoms with Crippen molar-refractivity contribution in [2.75, 3.05) is 39.6 Å². The molecule has 0 saturated carbocycles. The molecule has 0 radical (unpaired) electrons. The molecular weight excluding hydrogens is 399 g/mol. The van der Waals surface area contributed by atoms with Crippen molar-refractivity contribution in [1.82, 2.24) is 15.2 Å². The molecule has 0 aliphatic heterocycles. The highest BCUT2D eigenvalue weighted by Gasteiger charge is 2.13. The number of likely N-dealkylation sites (N-methyl/N-ethyl adjacent to an activating group) is 1. The Bertz CT molecular complexity index is 708. The lowest BCUT2D eigenvalue weighted by Gasteiger charge is -2.09. The number of methoxy groups -OCH3 is 1. The van der Waals surface area contributed by atoms with Crippen molar-refractivity contribution in [2.24, 2.45) is 0 Å². The fraction of sp³-hybridized carbons (Fsp3) is 0.312. The van der Waals surface area contributed by atoms with Crippen LogP contribution in [0.3, 0.4) is 0 Å². The number of thiazole rings is 1. The molecule has 0 unspecified atom stereocenters. The first-order valence-electron chi connectivity index (χ1n) is 7.33. The van der Waals surface area contributed by atoms with Gasteiger partial charge in [-0.1, -0.05) is 0 Å². The molecule has 0 aliphatic carbocycles. The number of nitrogens with zero attached hydrogens (tertiary/aromatic N) is 2. The monoisotopic (exact) mass is 420 g/mol. The minimum absolute atomic E-state index is 0. The van der Waals surface area contributed by atoms with Crippen LogP contribution in [0.15, 0.2) is 29.6 Å². The van der Waals surface area contributed by atoms with Gasteiger partial charge in [0.1, 0.15) is 11.4 Å². The van der Waals surface area contributed by atoms with Gasteiger partial charge in [0.15, 0.2) is 5.13 Å². The normalized spacial score (nSPS) is 9.69. The van der Waals surface area contributed by atoms with Crippen LogP contribution >= 0.6 is 36.2 Å². The van der Waals surface area contributed by atoms with Crippen molar-refractivity contribution in [1.29, 1.82) is 0 Å². The number of ether oxygens (including phenoxy) is 1. The Hall–Kier alpha value is -1.87. The van der Waals surface area contributed by atoms with E-state index in [9.17, 15) is 9.59 Å². The summed E-state index contributed by atoms with van der Waals surface area (Å²) in [5.41, 5.74) is 0.784. The number of nitrogens with one attached hydrogen (secondary N) is 2. The molecule has 0 bridgehead atoms. The summed E-state index contributed by atoms with van der Waals surface area (Å²) < 4.78 is 5.05. The molecule has 2 aromatic rings. The van der Waals surface area contributed by atoms with E-state index in [0.29, 0.717) is 28.7 Å². The van der Waals surface area contributed by atoms with Gasteiger partial charge in [0.2, 0.25) is 0 Å². The second-order valence-corrected chi connectivity index (χ2v) is 6.14. The van der Waals surface area contributed by atoms with E-state index in [0.717, 1.165) is 6.54 Å².